The molecule has 80 valence electrons. The number of terminal acetylenes is 1. The second-order valence-electron chi connectivity index (χ2n) is 3.27. The fraction of sp³-hybridized carbons (Fsp3) is 0.385. The predicted octanol–water partition coefficient (Wildman–Crippen LogP) is 1.63. The van der Waals surface area contributed by atoms with Crippen LogP contribution in [0.4, 0.5) is 0 Å². The molecule has 0 amide bonds. The summed E-state index contributed by atoms with van der Waals surface area (Å²) < 4.78 is 5.28. The summed E-state index contributed by atoms with van der Waals surface area (Å²) in [6.07, 6.45) is 6.82. The molecule has 2 nitrogen and oxygen atoms in total. The van der Waals surface area contributed by atoms with Gasteiger partial charge in [0.25, 0.3) is 0 Å². The summed E-state index contributed by atoms with van der Waals surface area (Å²) in [4.78, 5) is 0. The van der Waals surface area contributed by atoms with Gasteiger partial charge in [0.05, 0.1) is 13.2 Å². The summed E-state index contributed by atoms with van der Waals surface area (Å²) in [5, 5.41) is 8.60. The lowest BCUT2D eigenvalue weighted by atomic mass is 10.1. The number of ether oxygens (including phenoxy) is 1. The molecule has 15 heavy (non-hydrogen) atoms. The zero-order valence-corrected chi connectivity index (χ0v) is 8.73. The second-order valence-corrected chi connectivity index (χ2v) is 3.27. The van der Waals surface area contributed by atoms with Crippen molar-refractivity contribution >= 4 is 0 Å². The average Bonchev–Trinajstić information content (AvgIpc) is 2.31. The molecule has 0 saturated carbocycles. The smallest absolute Gasteiger partial charge is 0.118 e. The van der Waals surface area contributed by atoms with Gasteiger partial charge in [-0.2, -0.15) is 0 Å². The zero-order valence-electron chi connectivity index (χ0n) is 8.73. The van der Waals surface area contributed by atoms with E-state index in [1.165, 1.54) is 5.56 Å². The van der Waals surface area contributed by atoms with Gasteiger partial charge in [0.2, 0.25) is 0 Å². The van der Waals surface area contributed by atoms with Gasteiger partial charge >= 0.3 is 0 Å². The first-order valence-corrected chi connectivity index (χ1v) is 5.09. The van der Waals surface area contributed by atoms with Crippen molar-refractivity contribution in [3.05, 3.63) is 35.9 Å². The van der Waals surface area contributed by atoms with Crippen molar-refractivity contribution in [3.8, 4) is 12.3 Å². The van der Waals surface area contributed by atoms with Crippen molar-refractivity contribution in [1.82, 2.24) is 0 Å². The van der Waals surface area contributed by atoms with E-state index in [-0.39, 0.29) is 12.7 Å². The molecule has 0 aliphatic carbocycles. The van der Waals surface area contributed by atoms with E-state index in [1.54, 1.807) is 0 Å². The lowest BCUT2D eigenvalue weighted by molar-refractivity contribution is 0.0555. The molecule has 0 aliphatic rings. The zero-order chi connectivity index (χ0) is 10.9. The predicted molar refractivity (Wildman–Crippen MR) is 60.4 cm³/mol. The van der Waals surface area contributed by atoms with Crippen LogP contribution in [0.1, 0.15) is 12.0 Å². The minimum absolute atomic E-state index is 0.0174. The normalized spacial score (nSPS) is 12.0. The minimum atomic E-state index is -0.197. The molecule has 0 bridgehead atoms. The molecule has 0 radical (unpaired) electrons. The molecule has 2 heteroatoms. The highest BCUT2D eigenvalue weighted by atomic mass is 16.5. The molecule has 0 heterocycles. The van der Waals surface area contributed by atoms with Crippen LogP contribution in [0.15, 0.2) is 30.3 Å². The third-order valence-electron chi connectivity index (χ3n) is 2.13. The summed E-state index contributed by atoms with van der Waals surface area (Å²) >= 11 is 0. The third-order valence-corrected chi connectivity index (χ3v) is 2.13. The number of aryl methyl sites for hydroxylation is 1. The standard InChI is InChI=1S/C13H16O2/c1-2-13(15-11-10-14)9-8-12-6-4-3-5-7-12/h1,3-7,13-14H,8-11H2. The van der Waals surface area contributed by atoms with Gasteiger partial charge in [0.15, 0.2) is 0 Å². The molecule has 1 aromatic rings. The molecule has 0 aliphatic heterocycles. The molecule has 1 N–H and O–H groups in total. The number of benzene rings is 1. The Morgan fingerprint density at radius 2 is 2.07 bits per heavy atom. The Hall–Kier alpha value is -1.30. The van der Waals surface area contributed by atoms with Crippen LogP contribution in [0.2, 0.25) is 0 Å². The number of hydrogen-bond acceptors (Lipinski definition) is 2. The van der Waals surface area contributed by atoms with E-state index >= 15 is 0 Å². The number of hydrogen-bond donors (Lipinski definition) is 1. The highest BCUT2D eigenvalue weighted by Gasteiger charge is 2.04. The van der Waals surface area contributed by atoms with Crippen LogP contribution in [0.3, 0.4) is 0 Å². The quantitative estimate of drug-likeness (QED) is 0.714. The first-order valence-electron chi connectivity index (χ1n) is 5.09. The molecular weight excluding hydrogens is 188 g/mol. The first kappa shape index (κ1) is 11.8. The maximum absolute atomic E-state index is 8.60. The Morgan fingerprint density at radius 1 is 1.33 bits per heavy atom. The molecule has 0 aromatic heterocycles. The summed E-state index contributed by atoms with van der Waals surface area (Å²) in [7, 11) is 0. The largest absolute Gasteiger partial charge is 0.394 e. The van der Waals surface area contributed by atoms with Gasteiger partial charge < -0.3 is 9.84 Å². The van der Waals surface area contributed by atoms with Crippen LogP contribution >= 0.6 is 0 Å². The van der Waals surface area contributed by atoms with Crippen LogP contribution in [0.25, 0.3) is 0 Å². The Kier molecular flexibility index (Phi) is 5.54. The van der Waals surface area contributed by atoms with Gasteiger partial charge in [-0.1, -0.05) is 36.3 Å². The fourth-order valence-corrected chi connectivity index (χ4v) is 1.35. The van der Waals surface area contributed by atoms with Crippen molar-refractivity contribution in [2.24, 2.45) is 0 Å². The summed E-state index contributed by atoms with van der Waals surface area (Å²) in [5.41, 5.74) is 1.25. The maximum Gasteiger partial charge on any atom is 0.118 e. The second kappa shape index (κ2) is 7.05. The van der Waals surface area contributed by atoms with E-state index in [2.05, 4.69) is 18.1 Å². The number of rotatable bonds is 6. The van der Waals surface area contributed by atoms with Crippen LogP contribution in [-0.2, 0) is 11.2 Å². The van der Waals surface area contributed by atoms with Crippen molar-refractivity contribution in [3.63, 3.8) is 0 Å². The van der Waals surface area contributed by atoms with E-state index in [0.717, 1.165) is 12.8 Å². The van der Waals surface area contributed by atoms with Gasteiger partial charge in [0, 0.05) is 0 Å². The van der Waals surface area contributed by atoms with Crippen LogP contribution < -0.4 is 0 Å². The highest BCUT2D eigenvalue weighted by molar-refractivity contribution is 5.15. The van der Waals surface area contributed by atoms with Crippen molar-refractivity contribution in [2.75, 3.05) is 13.2 Å². The van der Waals surface area contributed by atoms with Crippen LogP contribution in [-0.4, -0.2) is 24.4 Å². The Labute approximate surface area is 90.9 Å². The first-order chi connectivity index (χ1) is 7.36. The van der Waals surface area contributed by atoms with E-state index in [0.29, 0.717) is 6.61 Å². The topological polar surface area (TPSA) is 29.5 Å². The molecule has 1 atom stereocenters. The van der Waals surface area contributed by atoms with Crippen molar-refractivity contribution < 1.29 is 9.84 Å². The van der Waals surface area contributed by atoms with Crippen LogP contribution in [0, 0.1) is 12.3 Å². The monoisotopic (exact) mass is 204 g/mol. The third kappa shape index (κ3) is 4.64. The maximum atomic E-state index is 8.60. The lowest BCUT2D eigenvalue weighted by Gasteiger charge is -2.10. The minimum Gasteiger partial charge on any atom is -0.394 e. The Bertz CT molecular complexity index is 300. The molecule has 0 fully saturated rings. The Morgan fingerprint density at radius 3 is 2.67 bits per heavy atom. The fourth-order valence-electron chi connectivity index (χ4n) is 1.35. The molecular formula is C13H16O2. The van der Waals surface area contributed by atoms with E-state index < -0.39 is 0 Å². The summed E-state index contributed by atoms with van der Waals surface area (Å²) in [5.74, 6) is 2.57. The van der Waals surface area contributed by atoms with Crippen molar-refractivity contribution in [1.29, 1.82) is 0 Å². The molecule has 1 aromatic carbocycles. The van der Waals surface area contributed by atoms with Crippen LogP contribution in [0.5, 0.6) is 0 Å². The van der Waals surface area contributed by atoms with Gasteiger partial charge in [-0.3, -0.25) is 0 Å². The van der Waals surface area contributed by atoms with Gasteiger partial charge in [-0.15, -0.1) is 6.42 Å². The molecule has 0 spiro atoms. The molecule has 0 saturated heterocycles. The van der Waals surface area contributed by atoms with Crippen molar-refractivity contribution in [2.45, 2.75) is 18.9 Å². The Balaban J connectivity index is 2.32. The number of aliphatic hydroxyl groups is 1. The van der Waals surface area contributed by atoms with E-state index in [4.69, 9.17) is 16.3 Å². The number of aliphatic hydroxyl groups excluding tert-OH is 1. The average molecular weight is 204 g/mol. The summed E-state index contributed by atoms with van der Waals surface area (Å²) in [6, 6.07) is 10.1. The van der Waals surface area contributed by atoms with E-state index in [9.17, 15) is 0 Å². The molecule has 1 rings (SSSR count). The SMILES string of the molecule is C#CC(CCc1ccccc1)OCCO. The molecule has 1 unspecified atom stereocenters. The van der Waals surface area contributed by atoms with Gasteiger partial charge in [-0.25, -0.2) is 0 Å². The summed E-state index contributed by atoms with van der Waals surface area (Å²) in [6.45, 7) is 0.327. The van der Waals surface area contributed by atoms with E-state index in [1.807, 2.05) is 18.2 Å². The highest BCUT2D eigenvalue weighted by Crippen LogP contribution is 2.06. The van der Waals surface area contributed by atoms with Gasteiger partial charge in [-0.05, 0) is 18.4 Å². The lowest BCUT2D eigenvalue weighted by Crippen LogP contribution is -2.14. The van der Waals surface area contributed by atoms with Gasteiger partial charge in [0.1, 0.15) is 6.10 Å².